The smallest absolute Gasteiger partial charge is 0.211 e. The summed E-state index contributed by atoms with van der Waals surface area (Å²) >= 11 is 0. The molecule has 4 nitrogen and oxygen atoms in total. The predicted octanol–water partition coefficient (Wildman–Crippen LogP) is 1.60. The van der Waals surface area contributed by atoms with E-state index in [2.05, 4.69) is 0 Å². The van der Waals surface area contributed by atoms with E-state index in [0.717, 1.165) is 18.4 Å². The molecule has 1 aromatic carbocycles. The average molecular weight is 253 g/mol. The fourth-order valence-electron chi connectivity index (χ4n) is 2.46. The minimum absolute atomic E-state index is 0.148. The molecule has 0 amide bonds. The summed E-state index contributed by atoms with van der Waals surface area (Å²) in [7, 11) is 1.46. The van der Waals surface area contributed by atoms with Crippen LogP contribution in [-0.2, 0) is 5.41 Å². The van der Waals surface area contributed by atoms with E-state index in [-0.39, 0.29) is 16.9 Å². The van der Waals surface area contributed by atoms with Gasteiger partial charge in [0, 0.05) is 17.5 Å². The van der Waals surface area contributed by atoms with E-state index < -0.39 is 5.82 Å². The minimum Gasteiger partial charge on any atom is -0.493 e. The Morgan fingerprint density at radius 1 is 1.39 bits per heavy atom. The van der Waals surface area contributed by atoms with Gasteiger partial charge in [-0.2, -0.15) is 4.39 Å². The lowest BCUT2D eigenvalue weighted by molar-refractivity contribution is 0.162. The number of benzene rings is 1. The van der Waals surface area contributed by atoms with Gasteiger partial charge in [0.15, 0.2) is 11.5 Å². The van der Waals surface area contributed by atoms with Gasteiger partial charge in [0.2, 0.25) is 11.6 Å². The van der Waals surface area contributed by atoms with Crippen LogP contribution in [0.3, 0.4) is 0 Å². The number of hydrogen-bond acceptors (Lipinski definition) is 4. The summed E-state index contributed by atoms with van der Waals surface area (Å²) in [5.41, 5.74) is 6.45. The molecule has 1 aliphatic heterocycles. The molecule has 0 spiro atoms. The van der Waals surface area contributed by atoms with Crippen LogP contribution in [0.15, 0.2) is 6.07 Å². The van der Waals surface area contributed by atoms with Gasteiger partial charge in [-0.3, -0.25) is 0 Å². The largest absolute Gasteiger partial charge is 0.493 e. The number of methoxy groups -OCH3 is 1. The van der Waals surface area contributed by atoms with E-state index in [1.165, 1.54) is 7.11 Å². The van der Waals surface area contributed by atoms with Crippen molar-refractivity contribution in [3.8, 4) is 17.2 Å². The van der Waals surface area contributed by atoms with Crippen molar-refractivity contribution in [2.75, 3.05) is 26.9 Å². The Balaban J connectivity index is 2.16. The molecule has 98 valence electrons. The molecule has 18 heavy (non-hydrogen) atoms. The first-order valence-corrected chi connectivity index (χ1v) is 6.08. The highest BCUT2D eigenvalue weighted by molar-refractivity contribution is 5.56. The molecule has 0 atom stereocenters. The normalized spacial score (nSPS) is 19.5. The maximum atomic E-state index is 14.3. The monoisotopic (exact) mass is 253 g/mol. The summed E-state index contributed by atoms with van der Waals surface area (Å²) in [5, 5.41) is 0. The van der Waals surface area contributed by atoms with Crippen LogP contribution in [0, 0.1) is 5.82 Å². The number of halogens is 1. The van der Waals surface area contributed by atoms with Crippen molar-refractivity contribution in [3.63, 3.8) is 0 Å². The highest BCUT2D eigenvalue weighted by atomic mass is 19.1. The number of hydrogen-bond donors (Lipinski definition) is 1. The summed E-state index contributed by atoms with van der Waals surface area (Å²) in [5.74, 6) is 0.357. The van der Waals surface area contributed by atoms with Crippen LogP contribution < -0.4 is 19.9 Å². The summed E-state index contributed by atoms with van der Waals surface area (Å²) in [6.07, 6.45) is 1.91. The van der Waals surface area contributed by atoms with Gasteiger partial charge in [-0.05, 0) is 18.9 Å². The van der Waals surface area contributed by atoms with Crippen molar-refractivity contribution >= 4 is 0 Å². The van der Waals surface area contributed by atoms with Gasteiger partial charge in [-0.15, -0.1) is 0 Å². The SMILES string of the molecule is COc1c(C2(CN)CC2)cc2c(c1F)OCCO2. The fourth-order valence-corrected chi connectivity index (χ4v) is 2.46. The van der Waals surface area contributed by atoms with E-state index in [1.54, 1.807) is 0 Å². The van der Waals surface area contributed by atoms with E-state index in [9.17, 15) is 4.39 Å². The average Bonchev–Trinajstić information content (AvgIpc) is 3.20. The molecular weight excluding hydrogens is 237 g/mol. The number of fused-ring (bicyclic) bond motifs is 1. The number of rotatable bonds is 3. The molecule has 1 saturated carbocycles. The maximum absolute atomic E-state index is 14.3. The van der Waals surface area contributed by atoms with Crippen LogP contribution in [0.1, 0.15) is 18.4 Å². The van der Waals surface area contributed by atoms with Crippen molar-refractivity contribution in [3.05, 3.63) is 17.4 Å². The highest BCUT2D eigenvalue weighted by Gasteiger charge is 2.46. The van der Waals surface area contributed by atoms with Gasteiger partial charge in [0.05, 0.1) is 7.11 Å². The van der Waals surface area contributed by atoms with Crippen LogP contribution in [0.25, 0.3) is 0 Å². The van der Waals surface area contributed by atoms with Gasteiger partial charge < -0.3 is 19.9 Å². The minimum atomic E-state index is -0.482. The van der Waals surface area contributed by atoms with Gasteiger partial charge in [-0.25, -0.2) is 0 Å². The summed E-state index contributed by atoms with van der Waals surface area (Å²) < 4.78 is 30.3. The van der Waals surface area contributed by atoms with E-state index >= 15 is 0 Å². The molecule has 0 unspecified atom stereocenters. The zero-order valence-electron chi connectivity index (χ0n) is 10.3. The van der Waals surface area contributed by atoms with Crippen molar-refractivity contribution in [1.29, 1.82) is 0 Å². The maximum Gasteiger partial charge on any atom is 0.211 e. The molecule has 0 radical (unpaired) electrons. The lowest BCUT2D eigenvalue weighted by atomic mass is 9.94. The van der Waals surface area contributed by atoms with Crippen molar-refractivity contribution < 1.29 is 18.6 Å². The van der Waals surface area contributed by atoms with E-state index in [0.29, 0.717) is 25.5 Å². The Morgan fingerprint density at radius 2 is 2.11 bits per heavy atom. The van der Waals surface area contributed by atoms with Gasteiger partial charge in [0.1, 0.15) is 13.2 Å². The molecule has 2 N–H and O–H groups in total. The lowest BCUT2D eigenvalue weighted by Gasteiger charge is -2.24. The molecule has 0 bridgehead atoms. The lowest BCUT2D eigenvalue weighted by Crippen LogP contribution is -2.23. The second-order valence-corrected chi connectivity index (χ2v) is 4.78. The molecule has 0 saturated heterocycles. The van der Waals surface area contributed by atoms with Crippen molar-refractivity contribution in [1.82, 2.24) is 0 Å². The Bertz CT molecular complexity index is 486. The molecule has 1 aliphatic carbocycles. The third kappa shape index (κ3) is 1.54. The second-order valence-electron chi connectivity index (χ2n) is 4.78. The van der Waals surface area contributed by atoms with Crippen LogP contribution >= 0.6 is 0 Å². The summed E-state index contributed by atoms with van der Waals surface area (Å²) in [4.78, 5) is 0. The first-order valence-electron chi connectivity index (χ1n) is 6.08. The molecule has 5 heteroatoms. The van der Waals surface area contributed by atoms with Crippen molar-refractivity contribution in [2.24, 2.45) is 5.73 Å². The van der Waals surface area contributed by atoms with Crippen LogP contribution in [-0.4, -0.2) is 26.9 Å². The Kier molecular flexibility index (Phi) is 2.59. The highest BCUT2D eigenvalue weighted by Crippen LogP contribution is 2.54. The molecule has 2 aliphatic rings. The predicted molar refractivity (Wildman–Crippen MR) is 63.9 cm³/mol. The Hall–Kier alpha value is -1.49. The first kappa shape index (κ1) is 11.6. The first-order chi connectivity index (χ1) is 8.72. The third-order valence-corrected chi connectivity index (χ3v) is 3.75. The summed E-state index contributed by atoms with van der Waals surface area (Å²) in [6, 6.07) is 1.82. The zero-order chi connectivity index (χ0) is 12.8. The Labute approximate surface area is 105 Å². The van der Waals surface area contributed by atoms with Gasteiger partial charge >= 0.3 is 0 Å². The second kappa shape index (κ2) is 4.02. The summed E-state index contributed by atoms with van der Waals surface area (Å²) in [6.45, 7) is 1.28. The van der Waals surface area contributed by atoms with Crippen LogP contribution in [0.2, 0.25) is 0 Å². The molecule has 1 fully saturated rings. The molecule has 1 heterocycles. The fraction of sp³-hybridized carbons (Fsp3) is 0.538. The molecule has 3 rings (SSSR count). The topological polar surface area (TPSA) is 53.7 Å². The number of nitrogens with two attached hydrogens (primary N) is 1. The van der Waals surface area contributed by atoms with Gasteiger partial charge in [-0.1, -0.05) is 0 Å². The van der Waals surface area contributed by atoms with E-state index in [1.807, 2.05) is 6.07 Å². The van der Waals surface area contributed by atoms with Crippen LogP contribution in [0.5, 0.6) is 17.2 Å². The molecule has 1 aromatic rings. The molecular formula is C13H16FNO3. The number of ether oxygens (including phenoxy) is 3. The molecule has 0 aromatic heterocycles. The Morgan fingerprint density at radius 3 is 2.72 bits per heavy atom. The third-order valence-electron chi connectivity index (χ3n) is 3.75. The standard InChI is InChI=1S/C13H16FNO3/c1-16-11-8(13(7-15)2-3-13)6-9-12(10(11)14)18-5-4-17-9/h6H,2-5,7,15H2,1H3. The zero-order valence-corrected chi connectivity index (χ0v) is 10.3. The quantitative estimate of drug-likeness (QED) is 0.889. The van der Waals surface area contributed by atoms with Gasteiger partial charge in [0.25, 0.3) is 0 Å². The van der Waals surface area contributed by atoms with E-state index in [4.69, 9.17) is 19.9 Å². The van der Waals surface area contributed by atoms with Crippen molar-refractivity contribution in [2.45, 2.75) is 18.3 Å². The van der Waals surface area contributed by atoms with Crippen LogP contribution in [0.4, 0.5) is 4.39 Å².